The maximum atomic E-state index is 11.9. The number of amides is 1. The van der Waals surface area contributed by atoms with Crippen molar-refractivity contribution in [3.63, 3.8) is 0 Å². The summed E-state index contributed by atoms with van der Waals surface area (Å²) in [5.74, 6) is 1.45. The third kappa shape index (κ3) is 6.39. The Morgan fingerprint density at radius 2 is 1.85 bits per heavy atom. The van der Waals surface area contributed by atoms with E-state index < -0.39 is 0 Å². The van der Waals surface area contributed by atoms with E-state index in [0.29, 0.717) is 11.4 Å². The largest absolute Gasteiger partial charge is 0.384 e. The molecular formula is C22H25ClN3O. The first kappa shape index (κ1) is 19.9. The van der Waals surface area contributed by atoms with Gasteiger partial charge in [0.2, 0.25) is 5.91 Å². The lowest BCUT2D eigenvalue weighted by atomic mass is 10.0. The van der Waals surface area contributed by atoms with Gasteiger partial charge in [0.05, 0.1) is 5.52 Å². The molecule has 2 aromatic rings. The summed E-state index contributed by atoms with van der Waals surface area (Å²) in [6.07, 6.45) is 14.5. The highest BCUT2D eigenvalue weighted by Gasteiger charge is 2.16. The molecule has 0 unspecified atom stereocenters. The van der Waals surface area contributed by atoms with Gasteiger partial charge in [0.15, 0.2) is 0 Å². The predicted molar refractivity (Wildman–Crippen MR) is 112 cm³/mol. The minimum atomic E-state index is 0.145. The Morgan fingerprint density at radius 3 is 2.70 bits per heavy atom. The summed E-state index contributed by atoms with van der Waals surface area (Å²) in [5.41, 5.74) is 1.95. The number of nitrogens with zero attached hydrogens (tertiary/aromatic N) is 1. The van der Waals surface area contributed by atoms with Crippen LogP contribution in [0.15, 0.2) is 30.5 Å². The number of carbonyl (C=O) groups is 1. The number of aromatic nitrogens is 1. The zero-order chi connectivity index (χ0) is 18.9. The van der Waals surface area contributed by atoms with Gasteiger partial charge >= 0.3 is 0 Å². The van der Waals surface area contributed by atoms with Gasteiger partial charge in [-0.2, -0.15) is 0 Å². The van der Waals surface area contributed by atoms with E-state index in [0.717, 1.165) is 55.4 Å². The van der Waals surface area contributed by atoms with E-state index in [-0.39, 0.29) is 5.91 Å². The maximum Gasteiger partial charge on any atom is 0.219 e. The monoisotopic (exact) mass is 382 g/mol. The highest BCUT2D eigenvalue weighted by molar-refractivity contribution is 6.31. The number of nitrogens with one attached hydrogen (secondary N) is 2. The molecule has 27 heavy (non-hydrogen) atoms. The number of pyridine rings is 1. The van der Waals surface area contributed by atoms with Gasteiger partial charge in [-0.3, -0.25) is 9.78 Å². The number of fused-ring (bicyclic) bond motifs is 1. The van der Waals surface area contributed by atoms with Gasteiger partial charge in [-0.25, -0.2) is 0 Å². The molecule has 5 heteroatoms. The third-order valence-electron chi connectivity index (χ3n) is 4.55. The van der Waals surface area contributed by atoms with Crippen LogP contribution in [0.5, 0.6) is 0 Å². The normalized spacial score (nSPS) is 14.6. The summed E-state index contributed by atoms with van der Waals surface area (Å²) in [7, 11) is 0. The smallest absolute Gasteiger partial charge is 0.219 e. The molecule has 4 nitrogen and oxygen atoms in total. The number of hydrogen-bond donors (Lipinski definition) is 2. The molecule has 0 saturated heterocycles. The number of benzene rings is 1. The van der Waals surface area contributed by atoms with E-state index in [2.05, 4.69) is 28.5 Å². The van der Waals surface area contributed by atoms with Crippen LogP contribution in [0.4, 0.5) is 5.69 Å². The molecule has 2 N–H and O–H groups in total. The fraction of sp³-hybridized carbons (Fsp3) is 0.318. The SMILES string of the molecule is O=C(CCC[C]1[CH][CH][CH][CH]1)NCCCCNc1ccnc2cc(Cl)ccc12. The summed E-state index contributed by atoms with van der Waals surface area (Å²) < 4.78 is 0. The van der Waals surface area contributed by atoms with Gasteiger partial charge in [-0.05, 0) is 81.5 Å². The number of carbonyl (C=O) groups excluding carboxylic acids is 1. The molecule has 1 saturated carbocycles. The minimum absolute atomic E-state index is 0.145. The van der Waals surface area contributed by atoms with E-state index in [1.807, 2.05) is 37.1 Å². The van der Waals surface area contributed by atoms with Crippen molar-refractivity contribution in [2.24, 2.45) is 0 Å². The zero-order valence-electron chi connectivity index (χ0n) is 15.4. The van der Waals surface area contributed by atoms with Crippen molar-refractivity contribution >= 4 is 34.1 Å². The third-order valence-corrected chi connectivity index (χ3v) is 4.78. The van der Waals surface area contributed by atoms with Crippen molar-refractivity contribution in [2.45, 2.75) is 32.1 Å². The molecule has 1 fully saturated rings. The van der Waals surface area contributed by atoms with Gasteiger partial charge in [0, 0.05) is 41.8 Å². The van der Waals surface area contributed by atoms with Gasteiger partial charge in [-0.1, -0.05) is 11.6 Å². The summed E-state index contributed by atoms with van der Waals surface area (Å²) in [4.78, 5) is 16.2. The lowest BCUT2D eigenvalue weighted by Gasteiger charge is -2.10. The van der Waals surface area contributed by atoms with Gasteiger partial charge in [0.1, 0.15) is 0 Å². The maximum absolute atomic E-state index is 11.9. The molecule has 1 amide bonds. The summed E-state index contributed by atoms with van der Waals surface area (Å²) in [5, 5.41) is 8.22. The second kappa shape index (κ2) is 10.5. The fourth-order valence-electron chi connectivity index (χ4n) is 3.10. The zero-order valence-corrected chi connectivity index (χ0v) is 16.1. The highest BCUT2D eigenvalue weighted by atomic mass is 35.5. The summed E-state index contributed by atoms with van der Waals surface area (Å²) in [6, 6.07) is 7.72. The number of halogens is 1. The van der Waals surface area contributed by atoms with Crippen LogP contribution in [0.2, 0.25) is 5.02 Å². The average molecular weight is 383 g/mol. The van der Waals surface area contributed by atoms with Crippen LogP contribution in [-0.4, -0.2) is 24.0 Å². The highest BCUT2D eigenvalue weighted by Crippen LogP contribution is 2.27. The van der Waals surface area contributed by atoms with Gasteiger partial charge < -0.3 is 10.6 Å². The van der Waals surface area contributed by atoms with E-state index in [4.69, 9.17) is 11.6 Å². The molecule has 0 bridgehead atoms. The summed E-state index contributed by atoms with van der Waals surface area (Å²) in [6.45, 7) is 1.58. The van der Waals surface area contributed by atoms with Crippen molar-refractivity contribution in [3.8, 4) is 0 Å². The fourth-order valence-corrected chi connectivity index (χ4v) is 3.26. The molecule has 3 rings (SSSR count). The molecule has 0 spiro atoms. The molecule has 0 atom stereocenters. The van der Waals surface area contributed by atoms with Crippen LogP contribution in [0.3, 0.4) is 0 Å². The van der Waals surface area contributed by atoms with Gasteiger partial charge in [0.25, 0.3) is 0 Å². The van der Waals surface area contributed by atoms with Crippen molar-refractivity contribution < 1.29 is 4.79 Å². The van der Waals surface area contributed by atoms with Gasteiger partial charge in [-0.15, -0.1) is 0 Å². The first-order valence-electron chi connectivity index (χ1n) is 9.48. The standard InChI is InChI=1S/C22H25ClN3O/c23-18-10-11-19-20(12-15-25-21(19)16-18)24-13-3-4-14-26-22(27)9-5-8-17-6-1-2-7-17/h1-2,6-7,10-12,15-16H,3-5,8-9,13-14H2,(H,24,25)(H,26,27). The average Bonchev–Trinajstić information content (AvgIpc) is 3.17. The second-order valence-corrected chi connectivity index (χ2v) is 7.09. The lowest BCUT2D eigenvalue weighted by Crippen LogP contribution is -2.24. The van der Waals surface area contributed by atoms with Crippen LogP contribution in [0.25, 0.3) is 10.9 Å². The first-order valence-corrected chi connectivity index (χ1v) is 9.85. The lowest BCUT2D eigenvalue weighted by molar-refractivity contribution is -0.121. The molecule has 5 radical (unpaired) electrons. The quantitative estimate of drug-likeness (QED) is 0.582. The molecule has 141 valence electrons. The first-order chi connectivity index (χ1) is 13.2. The van der Waals surface area contributed by atoms with Crippen LogP contribution >= 0.6 is 11.6 Å². The number of rotatable bonds is 10. The molecule has 1 aromatic heterocycles. The van der Waals surface area contributed by atoms with E-state index >= 15 is 0 Å². The Bertz CT molecular complexity index is 743. The number of unbranched alkanes of at least 4 members (excludes halogenated alkanes) is 1. The molecular weight excluding hydrogens is 358 g/mol. The van der Waals surface area contributed by atoms with Crippen LogP contribution in [-0.2, 0) is 4.79 Å². The minimum Gasteiger partial charge on any atom is -0.384 e. The number of hydrogen-bond acceptors (Lipinski definition) is 3. The molecule has 1 heterocycles. The van der Waals surface area contributed by atoms with Crippen LogP contribution < -0.4 is 10.6 Å². The second-order valence-electron chi connectivity index (χ2n) is 6.65. The summed E-state index contributed by atoms with van der Waals surface area (Å²) >= 11 is 6.02. The van der Waals surface area contributed by atoms with Crippen LogP contribution in [0.1, 0.15) is 32.1 Å². The van der Waals surface area contributed by atoms with Crippen molar-refractivity contribution in [1.29, 1.82) is 0 Å². The van der Waals surface area contributed by atoms with E-state index in [1.165, 1.54) is 5.92 Å². The van der Waals surface area contributed by atoms with E-state index in [1.54, 1.807) is 6.20 Å². The van der Waals surface area contributed by atoms with Crippen molar-refractivity contribution in [3.05, 3.63) is 67.1 Å². The molecule has 0 aliphatic heterocycles. The molecule has 1 aliphatic carbocycles. The predicted octanol–water partition coefficient (Wildman–Crippen LogP) is 4.77. The Kier molecular flexibility index (Phi) is 7.76. The Morgan fingerprint density at radius 1 is 1.04 bits per heavy atom. The topological polar surface area (TPSA) is 54.0 Å². The Hall–Kier alpha value is -1.81. The number of anilines is 1. The van der Waals surface area contributed by atoms with E-state index in [9.17, 15) is 4.79 Å². The Labute approximate surface area is 167 Å². The van der Waals surface area contributed by atoms with Crippen molar-refractivity contribution in [1.82, 2.24) is 10.3 Å². The van der Waals surface area contributed by atoms with Crippen LogP contribution in [0, 0.1) is 31.6 Å². The Balaban J connectivity index is 1.28. The molecule has 1 aliphatic rings. The molecule has 1 aromatic carbocycles. The van der Waals surface area contributed by atoms with Crippen molar-refractivity contribution in [2.75, 3.05) is 18.4 Å².